The highest BCUT2D eigenvalue weighted by Crippen LogP contribution is 2.46. The molecule has 4 heteroatoms. The van der Waals surface area contributed by atoms with E-state index in [-0.39, 0.29) is 17.5 Å². The number of ether oxygens (including phenoxy) is 2. The van der Waals surface area contributed by atoms with Crippen molar-refractivity contribution in [1.82, 2.24) is 0 Å². The molecular formula is C21H38N2O2. The van der Waals surface area contributed by atoms with Gasteiger partial charge in [0.1, 0.15) is 18.6 Å². The highest BCUT2D eigenvalue weighted by atomic mass is 16.5. The fourth-order valence-corrected chi connectivity index (χ4v) is 3.98. The Morgan fingerprint density at radius 2 is 1.16 bits per heavy atom. The fourth-order valence-electron chi connectivity index (χ4n) is 3.98. The van der Waals surface area contributed by atoms with Gasteiger partial charge in [0.05, 0.1) is 12.1 Å². The third-order valence-corrected chi connectivity index (χ3v) is 6.37. The highest BCUT2D eigenvalue weighted by molar-refractivity contribution is 6.07. The predicted molar refractivity (Wildman–Crippen MR) is 105 cm³/mol. The summed E-state index contributed by atoms with van der Waals surface area (Å²) >= 11 is 0. The first-order valence-corrected chi connectivity index (χ1v) is 10.2. The van der Waals surface area contributed by atoms with Crippen LogP contribution in [0.2, 0.25) is 0 Å². The average Bonchev–Trinajstić information content (AvgIpc) is 3.25. The van der Waals surface area contributed by atoms with Crippen LogP contribution in [0.25, 0.3) is 0 Å². The second kappa shape index (κ2) is 8.09. The first kappa shape index (κ1) is 20.3. The lowest BCUT2D eigenvalue weighted by atomic mass is 9.65. The Morgan fingerprint density at radius 1 is 0.800 bits per heavy atom. The molecule has 0 spiro atoms. The van der Waals surface area contributed by atoms with Crippen LogP contribution in [0, 0.1) is 29.1 Å². The molecule has 2 unspecified atom stereocenters. The molecule has 0 aromatic rings. The van der Waals surface area contributed by atoms with E-state index in [0.717, 1.165) is 24.6 Å². The predicted octanol–water partition coefficient (Wildman–Crippen LogP) is 4.97. The lowest BCUT2D eigenvalue weighted by Crippen LogP contribution is -2.50. The van der Waals surface area contributed by atoms with Gasteiger partial charge in [0.25, 0.3) is 0 Å². The van der Waals surface area contributed by atoms with Crippen molar-refractivity contribution in [2.24, 2.45) is 39.1 Å². The second-order valence-corrected chi connectivity index (χ2v) is 8.60. The minimum Gasteiger partial charge on any atom is -0.478 e. The van der Waals surface area contributed by atoms with E-state index in [4.69, 9.17) is 19.5 Å². The van der Waals surface area contributed by atoms with Gasteiger partial charge in [-0.25, -0.2) is 9.98 Å². The minimum absolute atomic E-state index is 0.241. The highest BCUT2D eigenvalue weighted by Gasteiger charge is 2.55. The van der Waals surface area contributed by atoms with Crippen molar-refractivity contribution in [2.45, 2.75) is 80.3 Å². The molecule has 4 nitrogen and oxygen atoms in total. The van der Waals surface area contributed by atoms with E-state index in [0.29, 0.717) is 36.9 Å². The summed E-state index contributed by atoms with van der Waals surface area (Å²) in [6, 6.07) is 0.482. The molecule has 144 valence electrons. The van der Waals surface area contributed by atoms with Crippen LogP contribution in [0.3, 0.4) is 0 Å². The largest absolute Gasteiger partial charge is 0.478 e. The van der Waals surface area contributed by atoms with E-state index >= 15 is 0 Å². The Kier molecular flexibility index (Phi) is 6.56. The van der Waals surface area contributed by atoms with Crippen molar-refractivity contribution in [1.29, 1.82) is 0 Å². The number of hydrogen-bond acceptors (Lipinski definition) is 4. The standard InChI is InChI=1S/C21H38N2O2/c1-9-15(7)21(16(8)10-2,19-22-17(11-24-19)13(3)4)20-23-18(12-25-20)14(5)6/h13-18H,9-12H2,1-8H3/t15?,16?,17-,18-/m1/s1. The summed E-state index contributed by atoms with van der Waals surface area (Å²) in [4.78, 5) is 10.1. The zero-order chi connectivity index (χ0) is 18.8. The molecule has 0 amide bonds. The van der Waals surface area contributed by atoms with Gasteiger partial charge in [0.2, 0.25) is 0 Å². The van der Waals surface area contributed by atoms with Gasteiger partial charge < -0.3 is 9.47 Å². The van der Waals surface area contributed by atoms with E-state index in [9.17, 15) is 0 Å². The van der Waals surface area contributed by atoms with Crippen LogP contribution >= 0.6 is 0 Å². The number of rotatable bonds is 8. The van der Waals surface area contributed by atoms with E-state index in [1.165, 1.54) is 0 Å². The lowest BCUT2D eigenvalue weighted by Gasteiger charge is -2.41. The van der Waals surface area contributed by atoms with Crippen molar-refractivity contribution < 1.29 is 9.47 Å². The molecule has 4 atom stereocenters. The molecular weight excluding hydrogens is 312 g/mol. The second-order valence-electron chi connectivity index (χ2n) is 8.60. The van der Waals surface area contributed by atoms with Gasteiger partial charge in [-0.15, -0.1) is 0 Å². The molecule has 2 heterocycles. The smallest absolute Gasteiger partial charge is 0.200 e. The zero-order valence-electron chi connectivity index (χ0n) is 17.5. The van der Waals surface area contributed by atoms with Crippen molar-refractivity contribution >= 4 is 11.8 Å². The lowest BCUT2D eigenvalue weighted by molar-refractivity contribution is 0.158. The Labute approximate surface area is 154 Å². The molecule has 0 aliphatic carbocycles. The first-order chi connectivity index (χ1) is 11.8. The summed E-state index contributed by atoms with van der Waals surface area (Å²) in [5.41, 5.74) is -0.337. The van der Waals surface area contributed by atoms with Crippen LogP contribution in [-0.4, -0.2) is 37.1 Å². The molecule has 0 N–H and O–H groups in total. The molecule has 0 aromatic heterocycles. The Hall–Kier alpha value is -1.06. The van der Waals surface area contributed by atoms with Gasteiger partial charge in [-0.05, 0) is 23.7 Å². The van der Waals surface area contributed by atoms with Gasteiger partial charge in [-0.2, -0.15) is 0 Å². The Balaban J connectivity index is 2.55. The van der Waals surface area contributed by atoms with Gasteiger partial charge >= 0.3 is 0 Å². The van der Waals surface area contributed by atoms with Crippen LogP contribution in [0.15, 0.2) is 9.98 Å². The van der Waals surface area contributed by atoms with Gasteiger partial charge in [-0.3, -0.25) is 0 Å². The molecule has 25 heavy (non-hydrogen) atoms. The first-order valence-electron chi connectivity index (χ1n) is 10.2. The third-order valence-electron chi connectivity index (χ3n) is 6.37. The Morgan fingerprint density at radius 3 is 1.40 bits per heavy atom. The maximum absolute atomic E-state index is 6.24. The third kappa shape index (κ3) is 3.59. The molecule has 2 aliphatic heterocycles. The van der Waals surface area contributed by atoms with E-state index in [1.807, 2.05) is 0 Å². The Bertz CT molecular complexity index is 464. The van der Waals surface area contributed by atoms with E-state index in [1.54, 1.807) is 0 Å². The summed E-state index contributed by atoms with van der Waals surface area (Å²) in [7, 11) is 0. The molecule has 2 rings (SSSR count). The van der Waals surface area contributed by atoms with Crippen molar-refractivity contribution in [3.8, 4) is 0 Å². The molecule has 0 fully saturated rings. The molecule has 2 aliphatic rings. The molecule has 0 saturated heterocycles. The minimum atomic E-state index is -0.337. The fraction of sp³-hybridized carbons (Fsp3) is 0.905. The zero-order valence-corrected chi connectivity index (χ0v) is 17.5. The maximum Gasteiger partial charge on any atom is 0.200 e. The van der Waals surface area contributed by atoms with Crippen LogP contribution in [0.5, 0.6) is 0 Å². The number of nitrogens with zero attached hydrogens (tertiary/aromatic N) is 2. The summed E-state index contributed by atoms with van der Waals surface area (Å²) in [6.07, 6.45) is 2.10. The normalized spacial score (nSPS) is 26.3. The average molecular weight is 351 g/mol. The van der Waals surface area contributed by atoms with Crippen LogP contribution in [0.1, 0.15) is 68.2 Å². The topological polar surface area (TPSA) is 43.2 Å². The van der Waals surface area contributed by atoms with Crippen molar-refractivity contribution in [2.75, 3.05) is 13.2 Å². The van der Waals surface area contributed by atoms with Crippen LogP contribution in [0.4, 0.5) is 0 Å². The summed E-state index contributed by atoms with van der Waals surface area (Å²) in [6.45, 7) is 19.3. The number of hydrogen-bond donors (Lipinski definition) is 0. The van der Waals surface area contributed by atoms with Crippen molar-refractivity contribution in [3.63, 3.8) is 0 Å². The molecule has 0 radical (unpaired) electrons. The number of aliphatic imine (C=N–C) groups is 2. The van der Waals surface area contributed by atoms with E-state index in [2.05, 4.69) is 55.4 Å². The SMILES string of the molecule is CCC(C)C(C1=N[C@@H](C(C)C)CO1)(C1=N[C@@H](C(C)C)CO1)C(C)CC. The van der Waals surface area contributed by atoms with Gasteiger partial charge in [0, 0.05) is 0 Å². The maximum atomic E-state index is 6.24. The van der Waals surface area contributed by atoms with Crippen molar-refractivity contribution in [3.05, 3.63) is 0 Å². The monoisotopic (exact) mass is 350 g/mol. The van der Waals surface area contributed by atoms with Crippen LogP contribution < -0.4 is 0 Å². The molecule has 0 bridgehead atoms. The van der Waals surface area contributed by atoms with Gasteiger partial charge in [0.15, 0.2) is 11.8 Å². The molecule has 0 aromatic carbocycles. The van der Waals surface area contributed by atoms with Gasteiger partial charge in [-0.1, -0.05) is 68.2 Å². The summed E-state index contributed by atoms with van der Waals surface area (Å²) in [5, 5.41) is 0. The molecule has 0 saturated carbocycles. The summed E-state index contributed by atoms with van der Waals surface area (Å²) < 4.78 is 12.5. The van der Waals surface area contributed by atoms with E-state index < -0.39 is 0 Å². The summed E-state index contributed by atoms with van der Waals surface area (Å²) in [5.74, 6) is 3.46. The quantitative estimate of drug-likeness (QED) is 0.620. The van der Waals surface area contributed by atoms with Crippen LogP contribution in [-0.2, 0) is 9.47 Å².